The Morgan fingerprint density at radius 3 is 2.72 bits per heavy atom. The smallest absolute Gasteiger partial charge is 0.147 e. The first-order valence-corrected chi connectivity index (χ1v) is 6.19. The highest BCUT2D eigenvalue weighted by Crippen LogP contribution is 2.30. The maximum Gasteiger partial charge on any atom is 0.147 e. The first-order chi connectivity index (χ1) is 8.61. The van der Waals surface area contributed by atoms with Gasteiger partial charge in [0.15, 0.2) is 0 Å². The number of para-hydroxylation sites is 1. The van der Waals surface area contributed by atoms with Gasteiger partial charge in [-0.25, -0.2) is 4.39 Å². The molecule has 5 heteroatoms. The van der Waals surface area contributed by atoms with E-state index in [1.807, 2.05) is 6.07 Å². The molecule has 0 unspecified atom stereocenters. The van der Waals surface area contributed by atoms with E-state index < -0.39 is 5.82 Å². The summed E-state index contributed by atoms with van der Waals surface area (Å²) in [5, 5.41) is 12.4. The van der Waals surface area contributed by atoms with E-state index in [9.17, 15) is 4.39 Å². The van der Waals surface area contributed by atoms with Crippen molar-refractivity contribution in [2.75, 3.05) is 5.32 Å². The SMILES string of the molecule is N#Cc1cc(Cl)ccc1Nc1c(F)cccc1Br. The molecule has 0 aromatic heterocycles. The summed E-state index contributed by atoms with van der Waals surface area (Å²) in [5.41, 5.74) is 1.15. The van der Waals surface area contributed by atoms with E-state index in [4.69, 9.17) is 16.9 Å². The third-order valence-corrected chi connectivity index (χ3v) is 3.22. The molecule has 0 radical (unpaired) electrons. The topological polar surface area (TPSA) is 35.8 Å². The van der Waals surface area contributed by atoms with Gasteiger partial charge in [-0.3, -0.25) is 0 Å². The molecular formula is C13H7BrClFN2. The van der Waals surface area contributed by atoms with Crippen molar-refractivity contribution in [2.45, 2.75) is 0 Å². The average molecular weight is 326 g/mol. The fourth-order valence-corrected chi connectivity index (χ4v) is 2.08. The Morgan fingerprint density at radius 1 is 1.28 bits per heavy atom. The monoisotopic (exact) mass is 324 g/mol. The number of rotatable bonds is 2. The first-order valence-electron chi connectivity index (χ1n) is 5.02. The molecule has 0 saturated heterocycles. The van der Waals surface area contributed by atoms with E-state index in [-0.39, 0.29) is 5.69 Å². The van der Waals surface area contributed by atoms with Gasteiger partial charge in [0.2, 0.25) is 0 Å². The first kappa shape index (κ1) is 12.9. The molecule has 2 aromatic rings. The normalized spacial score (nSPS) is 9.89. The summed E-state index contributed by atoms with van der Waals surface area (Å²) in [5.74, 6) is -0.400. The largest absolute Gasteiger partial charge is 0.351 e. The highest BCUT2D eigenvalue weighted by atomic mass is 79.9. The number of nitriles is 1. The van der Waals surface area contributed by atoms with Gasteiger partial charge in [-0.1, -0.05) is 17.7 Å². The van der Waals surface area contributed by atoms with Crippen molar-refractivity contribution >= 4 is 38.9 Å². The number of hydrogen-bond donors (Lipinski definition) is 1. The van der Waals surface area contributed by atoms with Crippen molar-refractivity contribution < 1.29 is 4.39 Å². The fourth-order valence-electron chi connectivity index (χ4n) is 1.47. The lowest BCUT2D eigenvalue weighted by molar-refractivity contribution is 0.631. The van der Waals surface area contributed by atoms with Crippen LogP contribution in [0.2, 0.25) is 5.02 Å². The zero-order chi connectivity index (χ0) is 13.1. The zero-order valence-electron chi connectivity index (χ0n) is 9.05. The van der Waals surface area contributed by atoms with Crippen molar-refractivity contribution in [3.8, 4) is 6.07 Å². The molecule has 0 spiro atoms. The zero-order valence-corrected chi connectivity index (χ0v) is 11.4. The predicted octanol–water partition coefficient (Wildman–Crippen LogP) is 4.86. The van der Waals surface area contributed by atoms with Crippen LogP contribution < -0.4 is 5.32 Å². The summed E-state index contributed by atoms with van der Waals surface area (Å²) >= 11 is 9.05. The summed E-state index contributed by atoms with van der Waals surface area (Å²) in [4.78, 5) is 0. The van der Waals surface area contributed by atoms with Crippen LogP contribution in [0.3, 0.4) is 0 Å². The summed E-state index contributed by atoms with van der Waals surface area (Å²) < 4.78 is 14.2. The molecule has 0 heterocycles. The van der Waals surface area contributed by atoms with E-state index in [1.54, 1.807) is 24.3 Å². The summed E-state index contributed by atoms with van der Waals surface area (Å²) in [6, 6.07) is 11.5. The fraction of sp³-hybridized carbons (Fsp3) is 0. The van der Waals surface area contributed by atoms with Crippen molar-refractivity contribution in [1.29, 1.82) is 5.26 Å². The molecule has 0 atom stereocenters. The van der Waals surface area contributed by atoms with Crippen LogP contribution in [0.4, 0.5) is 15.8 Å². The Kier molecular flexibility index (Phi) is 3.85. The molecule has 0 fully saturated rings. The van der Waals surface area contributed by atoms with Crippen LogP contribution >= 0.6 is 27.5 Å². The minimum absolute atomic E-state index is 0.288. The Balaban J connectivity index is 2.44. The van der Waals surface area contributed by atoms with Crippen LogP contribution in [0.25, 0.3) is 0 Å². The number of benzene rings is 2. The number of nitrogens with zero attached hydrogens (tertiary/aromatic N) is 1. The van der Waals surface area contributed by atoms with Crippen LogP contribution in [0.1, 0.15) is 5.56 Å². The maximum atomic E-state index is 13.6. The van der Waals surface area contributed by atoms with Crippen LogP contribution in [-0.4, -0.2) is 0 Å². The molecule has 0 saturated carbocycles. The number of hydrogen-bond acceptors (Lipinski definition) is 2. The Bertz CT molecular complexity index is 617. The van der Waals surface area contributed by atoms with Gasteiger partial charge >= 0.3 is 0 Å². The van der Waals surface area contributed by atoms with Crippen LogP contribution in [0.5, 0.6) is 0 Å². The van der Waals surface area contributed by atoms with Gasteiger partial charge in [0.05, 0.1) is 16.9 Å². The second-order valence-corrected chi connectivity index (χ2v) is 4.81. The molecule has 0 aliphatic rings. The molecule has 0 bridgehead atoms. The maximum absolute atomic E-state index is 13.6. The molecule has 0 amide bonds. The standard InChI is InChI=1S/C13H7BrClFN2/c14-10-2-1-3-11(16)13(10)18-12-5-4-9(15)6-8(12)7-17/h1-6,18H. The van der Waals surface area contributed by atoms with E-state index in [2.05, 4.69) is 21.2 Å². The quantitative estimate of drug-likeness (QED) is 0.856. The van der Waals surface area contributed by atoms with Gasteiger partial charge in [0, 0.05) is 9.50 Å². The lowest BCUT2D eigenvalue weighted by Crippen LogP contribution is -1.97. The second-order valence-electron chi connectivity index (χ2n) is 3.52. The van der Waals surface area contributed by atoms with Gasteiger partial charge in [0.25, 0.3) is 0 Å². The lowest BCUT2D eigenvalue weighted by Gasteiger charge is -2.11. The minimum Gasteiger partial charge on any atom is -0.351 e. The summed E-state index contributed by atoms with van der Waals surface area (Å²) in [6.45, 7) is 0. The number of anilines is 2. The van der Waals surface area contributed by atoms with E-state index in [1.165, 1.54) is 12.1 Å². The number of halogens is 3. The molecule has 0 aliphatic heterocycles. The van der Waals surface area contributed by atoms with E-state index >= 15 is 0 Å². The van der Waals surface area contributed by atoms with Gasteiger partial charge in [-0.05, 0) is 46.3 Å². The van der Waals surface area contributed by atoms with Gasteiger partial charge in [-0.2, -0.15) is 5.26 Å². The molecule has 1 N–H and O–H groups in total. The molecule has 90 valence electrons. The van der Waals surface area contributed by atoms with Gasteiger partial charge < -0.3 is 5.32 Å². The highest BCUT2D eigenvalue weighted by molar-refractivity contribution is 9.10. The van der Waals surface area contributed by atoms with Crippen molar-refractivity contribution in [1.82, 2.24) is 0 Å². The second kappa shape index (κ2) is 5.38. The van der Waals surface area contributed by atoms with Gasteiger partial charge in [-0.15, -0.1) is 0 Å². The average Bonchev–Trinajstić information content (AvgIpc) is 2.35. The third-order valence-electron chi connectivity index (χ3n) is 2.32. The summed E-state index contributed by atoms with van der Waals surface area (Å²) in [6.07, 6.45) is 0. The molecule has 2 rings (SSSR count). The van der Waals surface area contributed by atoms with Crippen LogP contribution in [0.15, 0.2) is 40.9 Å². The molecule has 2 aromatic carbocycles. The molecule has 2 nitrogen and oxygen atoms in total. The van der Waals surface area contributed by atoms with E-state index in [0.717, 1.165) is 0 Å². The Hall–Kier alpha value is -1.57. The van der Waals surface area contributed by atoms with E-state index in [0.29, 0.717) is 20.7 Å². The Morgan fingerprint density at radius 2 is 2.06 bits per heavy atom. The highest BCUT2D eigenvalue weighted by Gasteiger charge is 2.09. The third kappa shape index (κ3) is 2.63. The molecule has 0 aliphatic carbocycles. The summed E-state index contributed by atoms with van der Waals surface area (Å²) in [7, 11) is 0. The van der Waals surface area contributed by atoms with Crippen LogP contribution in [-0.2, 0) is 0 Å². The van der Waals surface area contributed by atoms with Gasteiger partial charge in [0.1, 0.15) is 11.9 Å². The Labute approximate surface area is 117 Å². The molecular weight excluding hydrogens is 319 g/mol. The molecule has 18 heavy (non-hydrogen) atoms. The predicted molar refractivity (Wildman–Crippen MR) is 73.5 cm³/mol. The lowest BCUT2D eigenvalue weighted by atomic mass is 10.2. The van der Waals surface area contributed by atoms with Crippen molar-refractivity contribution in [3.63, 3.8) is 0 Å². The minimum atomic E-state index is -0.400. The van der Waals surface area contributed by atoms with Crippen molar-refractivity contribution in [2.24, 2.45) is 0 Å². The number of nitrogens with one attached hydrogen (secondary N) is 1. The van der Waals surface area contributed by atoms with Crippen LogP contribution in [0, 0.1) is 17.1 Å². The van der Waals surface area contributed by atoms with Crippen molar-refractivity contribution in [3.05, 3.63) is 57.3 Å².